The zero-order valence-corrected chi connectivity index (χ0v) is 21.9. The first-order chi connectivity index (χ1) is 16.2. The van der Waals surface area contributed by atoms with E-state index in [0.717, 1.165) is 12.2 Å². The average Bonchev–Trinajstić information content (AvgIpc) is 3.31. The number of hydrogen-bond acceptors (Lipinski definition) is 7. The molecule has 3 heterocycles. The second kappa shape index (κ2) is 9.50. The number of alkyl halides is 3. The molecule has 0 unspecified atom stereocenters. The predicted molar refractivity (Wildman–Crippen MR) is 128 cm³/mol. The standard InChI is InChI=1S/C22H30F3N7O2Si/c1-14-16(11-32(30-14)21(2,3)12-26)27-20-28-18-17(19(29-20)33-4)15(22(23,24)25)10-31(18)13-34-8-9-35(5,6)7/h10-11H,8-9,13H2,1-7H3,(H,27,28,29). The van der Waals surface area contributed by atoms with Gasteiger partial charge in [0.1, 0.15) is 12.3 Å². The Morgan fingerprint density at radius 3 is 2.43 bits per heavy atom. The number of aryl methyl sites for hydroxylation is 1. The Morgan fingerprint density at radius 2 is 1.86 bits per heavy atom. The first-order valence-corrected chi connectivity index (χ1v) is 14.7. The van der Waals surface area contributed by atoms with Crippen molar-refractivity contribution in [2.75, 3.05) is 19.0 Å². The Morgan fingerprint density at radius 1 is 1.17 bits per heavy atom. The lowest BCUT2D eigenvalue weighted by Crippen LogP contribution is -2.24. The van der Waals surface area contributed by atoms with Crippen molar-refractivity contribution < 1.29 is 22.6 Å². The normalized spacial score (nSPS) is 12.7. The summed E-state index contributed by atoms with van der Waals surface area (Å²) in [6.07, 6.45) is -2.04. The number of anilines is 2. The van der Waals surface area contributed by atoms with Crippen LogP contribution in [0.2, 0.25) is 25.7 Å². The molecular formula is C22H30F3N7O2Si. The van der Waals surface area contributed by atoms with E-state index < -0.39 is 25.4 Å². The Balaban J connectivity index is 2.03. The van der Waals surface area contributed by atoms with Crippen LogP contribution in [0, 0.1) is 18.3 Å². The molecule has 0 radical (unpaired) electrons. The highest BCUT2D eigenvalue weighted by Gasteiger charge is 2.37. The summed E-state index contributed by atoms with van der Waals surface area (Å²) in [5.41, 5.74) is -0.685. The van der Waals surface area contributed by atoms with E-state index in [1.807, 2.05) is 0 Å². The molecule has 0 amide bonds. The van der Waals surface area contributed by atoms with Crippen molar-refractivity contribution in [3.63, 3.8) is 0 Å². The zero-order chi connectivity index (χ0) is 26.2. The SMILES string of the molecule is COc1nc(Nc2cn(C(C)(C)C#N)nc2C)nc2c1c(C(F)(F)F)cn2COCC[Si](C)(C)C. The molecule has 0 saturated carbocycles. The first-order valence-electron chi connectivity index (χ1n) is 11.0. The van der Waals surface area contributed by atoms with Gasteiger partial charge in [0.05, 0.1) is 41.7 Å². The number of hydrogen-bond donors (Lipinski definition) is 1. The zero-order valence-electron chi connectivity index (χ0n) is 20.9. The van der Waals surface area contributed by atoms with Gasteiger partial charge in [-0.1, -0.05) is 19.6 Å². The van der Waals surface area contributed by atoms with Gasteiger partial charge in [0.25, 0.3) is 0 Å². The van der Waals surface area contributed by atoms with Crippen LogP contribution >= 0.6 is 0 Å². The summed E-state index contributed by atoms with van der Waals surface area (Å²) in [4.78, 5) is 8.53. The molecule has 0 bridgehead atoms. The van der Waals surface area contributed by atoms with Crippen molar-refractivity contribution in [1.29, 1.82) is 5.26 Å². The third-order valence-corrected chi connectivity index (χ3v) is 7.10. The van der Waals surface area contributed by atoms with Gasteiger partial charge in [-0.25, -0.2) is 0 Å². The molecule has 0 aliphatic heterocycles. The van der Waals surface area contributed by atoms with Crippen LogP contribution in [0.25, 0.3) is 11.0 Å². The van der Waals surface area contributed by atoms with E-state index in [2.05, 4.69) is 46.1 Å². The quantitative estimate of drug-likeness (QED) is 0.309. The largest absolute Gasteiger partial charge is 0.480 e. The summed E-state index contributed by atoms with van der Waals surface area (Å²) in [5.74, 6) is -0.185. The van der Waals surface area contributed by atoms with Gasteiger partial charge in [0.15, 0.2) is 5.65 Å². The average molecular weight is 510 g/mol. The van der Waals surface area contributed by atoms with Gasteiger partial charge < -0.3 is 19.4 Å². The molecule has 0 aliphatic rings. The van der Waals surface area contributed by atoms with Crippen LogP contribution in [0.1, 0.15) is 25.1 Å². The number of nitrogens with zero attached hydrogens (tertiary/aromatic N) is 6. The van der Waals surface area contributed by atoms with E-state index in [9.17, 15) is 18.4 Å². The summed E-state index contributed by atoms with van der Waals surface area (Å²) in [7, 11) is -0.102. The van der Waals surface area contributed by atoms with Crippen molar-refractivity contribution in [3.8, 4) is 11.9 Å². The maximum absolute atomic E-state index is 13.8. The maximum Gasteiger partial charge on any atom is 0.418 e. The number of aromatic nitrogens is 5. The van der Waals surface area contributed by atoms with Crippen LogP contribution in [-0.2, 0) is 23.2 Å². The number of rotatable bonds is 9. The van der Waals surface area contributed by atoms with E-state index in [-0.39, 0.29) is 29.6 Å². The number of nitriles is 1. The van der Waals surface area contributed by atoms with E-state index in [1.54, 1.807) is 27.0 Å². The van der Waals surface area contributed by atoms with Gasteiger partial charge in [-0.2, -0.15) is 33.5 Å². The Labute approximate surface area is 202 Å². The number of fused-ring (bicyclic) bond motifs is 1. The van der Waals surface area contributed by atoms with Crippen LogP contribution in [-0.4, -0.2) is 46.1 Å². The van der Waals surface area contributed by atoms with Gasteiger partial charge in [-0.15, -0.1) is 0 Å². The van der Waals surface area contributed by atoms with E-state index in [1.165, 1.54) is 16.4 Å². The van der Waals surface area contributed by atoms with Gasteiger partial charge in [0, 0.05) is 20.9 Å². The molecule has 1 N–H and O–H groups in total. The van der Waals surface area contributed by atoms with Crippen molar-refractivity contribution in [2.24, 2.45) is 0 Å². The predicted octanol–water partition coefficient (Wildman–Crippen LogP) is 5.28. The highest BCUT2D eigenvalue weighted by atomic mass is 28.3. The number of ether oxygens (including phenoxy) is 2. The number of halogens is 3. The number of nitrogens with one attached hydrogen (secondary N) is 1. The van der Waals surface area contributed by atoms with Crippen LogP contribution in [0.5, 0.6) is 5.88 Å². The lowest BCUT2D eigenvalue weighted by Gasteiger charge is -2.16. The third-order valence-electron chi connectivity index (χ3n) is 5.40. The smallest absolute Gasteiger partial charge is 0.418 e. The van der Waals surface area contributed by atoms with Crippen molar-refractivity contribution in [2.45, 2.75) is 64.9 Å². The van der Waals surface area contributed by atoms with Gasteiger partial charge >= 0.3 is 6.18 Å². The molecule has 190 valence electrons. The Kier molecular flexibility index (Phi) is 7.19. The molecule has 0 aliphatic carbocycles. The van der Waals surface area contributed by atoms with Crippen LogP contribution in [0.15, 0.2) is 12.4 Å². The molecule has 13 heteroatoms. The molecule has 0 saturated heterocycles. The molecule has 0 aromatic carbocycles. The molecule has 9 nitrogen and oxygen atoms in total. The van der Waals surface area contributed by atoms with E-state index >= 15 is 0 Å². The summed E-state index contributed by atoms with van der Waals surface area (Å²) >= 11 is 0. The lowest BCUT2D eigenvalue weighted by molar-refractivity contribution is -0.136. The second-order valence-corrected chi connectivity index (χ2v) is 15.6. The fourth-order valence-corrected chi connectivity index (χ4v) is 4.01. The van der Waals surface area contributed by atoms with E-state index in [0.29, 0.717) is 18.0 Å². The third kappa shape index (κ3) is 5.94. The summed E-state index contributed by atoms with van der Waals surface area (Å²) in [6, 6.07) is 3.04. The fourth-order valence-electron chi connectivity index (χ4n) is 3.25. The molecule has 0 atom stereocenters. The highest BCUT2D eigenvalue weighted by molar-refractivity contribution is 6.76. The summed E-state index contributed by atoms with van der Waals surface area (Å²) < 4.78 is 55.2. The van der Waals surface area contributed by atoms with E-state index in [4.69, 9.17) is 9.47 Å². The Hall–Kier alpha value is -3.11. The number of methoxy groups -OCH3 is 1. The minimum atomic E-state index is -4.63. The fraction of sp³-hybridized carbons (Fsp3) is 0.545. The summed E-state index contributed by atoms with van der Waals surface area (Å²) in [5, 5.41) is 16.5. The maximum atomic E-state index is 13.8. The minimum absolute atomic E-state index is 0.0296. The molecule has 3 rings (SSSR count). The second-order valence-electron chi connectivity index (χ2n) is 9.98. The Bertz CT molecular complexity index is 1250. The molecule has 0 spiro atoms. The molecule has 0 fully saturated rings. The van der Waals surface area contributed by atoms with Crippen LogP contribution in [0.4, 0.5) is 24.8 Å². The van der Waals surface area contributed by atoms with Gasteiger partial charge in [-0.05, 0) is 26.8 Å². The molecule has 35 heavy (non-hydrogen) atoms. The van der Waals surface area contributed by atoms with Crippen LogP contribution < -0.4 is 10.1 Å². The van der Waals surface area contributed by atoms with Crippen LogP contribution in [0.3, 0.4) is 0 Å². The monoisotopic (exact) mass is 509 g/mol. The van der Waals surface area contributed by atoms with Crippen molar-refractivity contribution in [3.05, 3.63) is 23.7 Å². The van der Waals surface area contributed by atoms with Gasteiger partial charge in [-0.3, -0.25) is 4.68 Å². The molecule has 3 aromatic rings. The minimum Gasteiger partial charge on any atom is -0.480 e. The van der Waals surface area contributed by atoms with Gasteiger partial charge in [0.2, 0.25) is 11.8 Å². The molecular weight excluding hydrogens is 479 g/mol. The topological polar surface area (TPSA) is 103 Å². The van der Waals surface area contributed by atoms with Crippen molar-refractivity contribution >= 4 is 30.7 Å². The molecule has 3 aromatic heterocycles. The first kappa shape index (κ1) is 26.5. The highest BCUT2D eigenvalue weighted by Crippen LogP contribution is 2.40. The summed E-state index contributed by atoms with van der Waals surface area (Å²) in [6.45, 7) is 12.1. The lowest BCUT2D eigenvalue weighted by atomic mass is 10.1. The van der Waals surface area contributed by atoms with Crippen molar-refractivity contribution in [1.82, 2.24) is 24.3 Å².